The highest BCUT2D eigenvalue weighted by atomic mass is 35.5. The molecule has 1 atom stereocenters. The lowest BCUT2D eigenvalue weighted by Crippen LogP contribution is -2.45. The highest BCUT2D eigenvalue weighted by Crippen LogP contribution is 2.34. The monoisotopic (exact) mass is 374 g/mol. The molecule has 1 aromatic rings. The highest BCUT2D eigenvalue weighted by molar-refractivity contribution is 6.30. The van der Waals surface area contributed by atoms with Gasteiger partial charge in [0.05, 0.1) is 0 Å². The topological polar surface area (TPSA) is 24.9 Å². The minimum absolute atomic E-state index is 0.0786. The average Bonchev–Trinajstić information content (AvgIpc) is 2.65. The summed E-state index contributed by atoms with van der Waals surface area (Å²) in [5.41, 5.74) is 1.39. The third kappa shape index (κ3) is 4.18. The van der Waals surface area contributed by atoms with Crippen LogP contribution in [0.5, 0.6) is 11.5 Å². The molecule has 3 aliphatic heterocycles. The van der Waals surface area contributed by atoms with Crippen LogP contribution in [0, 0.1) is 5.92 Å². The summed E-state index contributed by atoms with van der Waals surface area (Å²) in [6.07, 6.45) is 9.20. The minimum Gasteiger partial charge on any atom is -0.486 e. The Balaban J connectivity index is 1.24. The number of allylic oxidation sites excluding steroid dienone is 3. The van der Waals surface area contributed by atoms with Crippen molar-refractivity contribution >= 4 is 11.6 Å². The van der Waals surface area contributed by atoms with E-state index >= 15 is 0 Å². The molecule has 1 unspecified atom stereocenters. The van der Waals surface area contributed by atoms with Gasteiger partial charge in [-0.3, -0.25) is 4.90 Å². The van der Waals surface area contributed by atoms with Crippen molar-refractivity contribution < 1.29 is 9.47 Å². The number of ether oxygens (including phenoxy) is 2. The van der Waals surface area contributed by atoms with E-state index in [-0.39, 0.29) is 6.10 Å². The normalized spacial score (nSPS) is 23.8. The molecule has 0 N–H and O–H groups in total. The van der Waals surface area contributed by atoms with Crippen LogP contribution in [-0.2, 0) is 0 Å². The molecule has 0 bridgehead atoms. The molecule has 140 valence electrons. The van der Waals surface area contributed by atoms with Crippen molar-refractivity contribution in [3.8, 4) is 11.5 Å². The maximum absolute atomic E-state index is 6.10. The second-order valence-corrected chi connectivity index (χ2v) is 7.96. The zero-order valence-electron chi connectivity index (χ0n) is 15.4. The maximum Gasteiger partial charge on any atom is 0.163 e. The van der Waals surface area contributed by atoms with E-state index in [1.54, 1.807) is 0 Å². The fourth-order valence-corrected chi connectivity index (χ4v) is 4.16. The number of piperidine rings is 1. The lowest BCUT2D eigenvalue weighted by molar-refractivity contribution is 0.0459. The van der Waals surface area contributed by atoms with Crippen LogP contribution in [0.15, 0.2) is 42.1 Å². The van der Waals surface area contributed by atoms with Gasteiger partial charge in [-0.25, -0.2) is 0 Å². The zero-order chi connectivity index (χ0) is 17.9. The number of hydrogen-bond donors (Lipinski definition) is 0. The Hall–Kier alpha value is -1.65. The lowest BCUT2D eigenvalue weighted by atomic mass is 9.95. The molecule has 3 aliphatic rings. The van der Waals surface area contributed by atoms with E-state index in [4.69, 9.17) is 21.1 Å². The first-order valence-corrected chi connectivity index (χ1v) is 9.95. The van der Waals surface area contributed by atoms with Gasteiger partial charge in [0.25, 0.3) is 0 Å². The van der Waals surface area contributed by atoms with E-state index in [1.165, 1.54) is 25.1 Å². The Labute approximate surface area is 161 Å². The Kier molecular flexibility index (Phi) is 5.41. The van der Waals surface area contributed by atoms with Crippen molar-refractivity contribution in [1.29, 1.82) is 0 Å². The Bertz CT molecular complexity index is 695. The molecule has 1 saturated heterocycles. The summed E-state index contributed by atoms with van der Waals surface area (Å²) in [5, 5.41) is 0.686. The van der Waals surface area contributed by atoms with E-state index in [0.717, 1.165) is 43.6 Å². The van der Waals surface area contributed by atoms with Crippen molar-refractivity contribution in [1.82, 2.24) is 9.80 Å². The van der Waals surface area contributed by atoms with Gasteiger partial charge in [0.15, 0.2) is 11.5 Å². The zero-order valence-corrected chi connectivity index (χ0v) is 16.1. The number of hydrogen-bond acceptors (Lipinski definition) is 4. The molecule has 0 aromatic heterocycles. The Morgan fingerprint density at radius 2 is 2.00 bits per heavy atom. The summed E-state index contributed by atoms with van der Waals surface area (Å²) in [5.74, 6) is 2.34. The van der Waals surface area contributed by atoms with Gasteiger partial charge in [-0.1, -0.05) is 23.8 Å². The predicted octanol–water partition coefficient (Wildman–Crippen LogP) is 3.97. The standard InChI is InChI=1S/C21H27ClN2O2/c1-16-4-2-3-9-24(16)13-17-7-10-23(11-8-17)14-19-15-25-20-6-5-18(22)12-21(20)26-19/h2-6,12,17,19H,7-11,13-15H2,1H3. The number of halogens is 1. The predicted molar refractivity (Wildman–Crippen MR) is 105 cm³/mol. The van der Waals surface area contributed by atoms with Crippen LogP contribution in [0.3, 0.4) is 0 Å². The third-order valence-electron chi connectivity index (χ3n) is 5.57. The number of likely N-dealkylation sites (tertiary alicyclic amines) is 1. The quantitative estimate of drug-likeness (QED) is 0.796. The average molecular weight is 375 g/mol. The Morgan fingerprint density at radius 1 is 1.15 bits per heavy atom. The van der Waals surface area contributed by atoms with Crippen LogP contribution >= 0.6 is 11.6 Å². The van der Waals surface area contributed by atoms with Crippen LogP contribution in [0.2, 0.25) is 5.02 Å². The van der Waals surface area contributed by atoms with Crippen LogP contribution < -0.4 is 9.47 Å². The van der Waals surface area contributed by atoms with Crippen LogP contribution in [0.4, 0.5) is 0 Å². The molecular weight excluding hydrogens is 348 g/mol. The molecule has 0 aliphatic carbocycles. The van der Waals surface area contributed by atoms with Gasteiger partial charge in [0, 0.05) is 36.4 Å². The van der Waals surface area contributed by atoms with Crippen molar-refractivity contribution in [3.05, 3.63) is 47.1 Å². The minimum atomic E-state index is 0.0786. The molecule has 3 heterocycles. The first-order chi connectivity index (χ1) is 12.7. The number of rotatable bonds is 4. The number of fused-ring (bicyclic) bond motifs is 1. The SMILES string of the molecule is CC1=CC=CCN1CC1CCN(CC2COc3ccc(Cl)cc3O2)CC1. The highest BCUT2D eigenvalue weighted by Gasteiger charge is 2.27. The molecule has 1 fully saturated rings. The molecule has 4 rings (SSSR count). The summed E-state index contributed by atoms with van der Waals surface area (Å²) in [4.78, 5) is 5.01. The van der Waals surface area contributed by atoms with Crippen molar-refractivity contribution in [2.75, 3.05) is 39.3 Å². The molecule has 26 heavy (non-hydrogen) atoms. The van der Waals surface area contributed by atoms with E-state index in [9.17, 15) is 0 Å². The first-order valence-electron chi connectivity index (χ1n) is 9.57. The van der Waals surface area contributed by atoms with Gasteiger partial charge in [-0.2, -0.15) is 0 Å². The lowest BCUT2D eigenvalue weighted by Gasteiger charge is -2.38. The molecule has 5 heteroatoms. The van der Waals surface area contributed by atoms with Crippen molar-refractivity contribution in [2.24, 2.45) is 5.92 Å². The van der Waals surface area contributed by atoms with Gasteiger partial charge >= 0.3 is 0 Å². The van der Waals surface area contributed by atoms with Gasteiger partial charge in [0.2, 0.25) is 0 Å². The van der Waals surface area contributed by atoms with Gasteiger partial charge in [0.1, 0.15) is 12.7 Å². The molecule has 0 saturated carbocycles. The van der Waals surface area contributed by atoms with Crippen molar-refractivity contribution in [3.63, 3.8) is 0 Å². The van der Waals surface area contributed by atoms with E-state index in [2.05, 4.69) is 35.0 Å². The van der Waals surface area contributed by atoms with Crippen LogP contribution in [-0.4, -0.2) is 55.2 Å². The molecular formula is C21H27ClN2O2. The smallest absolute Gasteiger partial charge is 0.163 e. The summed E-state index contributed by atoms with van der Waals surface area (Å²) < 4.78 is 11.9. The molecule has 0 amide bonds. The fourth-order valence-electron chi connectivity index (χ4n) is 3.99. The number of nitrogens with zero attached hydrogens (tertiary/aromatic N) is 2. The van der Waals surface area contributed by atoms with E-state index in [0.29, 0.717) is 11.6 Å². The van der Waals surface area contributed by atoms with Gasteiger partial charge in [-0.15, -0.1) is 0 Å². The van der Waals surface area contributed by atoms with Gasteiger partial charge < -0.3 is 14.4 Å². The summed E-state index contributed by atoms with van der Waals surface area (Å²) in [6, 6.07) is 5.56. The molecule has 0 radical (unpaired) electrons. The van der Waals surface area contributed by atoms with E-state index in [1.807, 2.05) is 18.2 Å². The van der Waals surface area contributed by atoms with Crippen LogP contribution in [0.1, 0.15) is 19.8 Å². The molecule has 4 nitrogen and oxygen atoms in total. The second kappa shape index (κ2) is 7.93. The Morgan fingerprint density at radius 3 is 2.81 bits per heavy atom. The van der Waals surface area contributed by atoms with Gasteiger partial charge in [-0.05, 0) is 57.0 Å². The summed E-state index contributed by atoms with van der Waals surface area (Å²) >= 11 is 6.06. The fraction of sp³-hybridized carbons (Fsp3) is 0.524. The summed E-state index contributed by atoms with van der Waals surface area (Å²) in [6.45, 7) is 8.25. The van der Waals surface area contributed by atoms with Crippen molar-refractivity contribution in [2.45, 2.75) is 25.9 Å². The first kappa shape index (κ1) is 17.7. The molecule has 0 spiro atoms. The molecule has 1 aromatic carbocycles. The van der Waals surface area contributed by atoms with E-state index < -0.39 is 0 Å². The van der Waals surface area contributed by atoms with Crippen LogP contribution in [0.25, 0.3) is 0 Å². The third-order valence-corrected chi connectivity index (χ3v) is 5.80. The largest absolute Gasteiger partial charge is 0.486 e. The second-order valence-electron chi connectivity index (χ2n) is 7.53. The maximum atomic E-state index is 6.10. The number of benzene rings is 1. The summed E-state index contributed by atoms with van der Waals surface area (Å²) in [7, 11) is 0.